The summed E-state index contributed by atoms with van der Waals surface area (Å²) in [5.74, 6) is 1.73. The topological polar surface area (TPSA) is 59.2 Å². The zero-order valence-corrected chi connectivity index (χ0v) is 14.3. The van der Waals surface area contributed by atoms with Crippen LogP contribution < -0.4 is 0 Å². The van der Waals surface area contributed by atoms with Gasteiger partial charge in [0, 0.05) is 18.7 Å². The molecule has 6 heteroatoms. The molecule has 0 spiro atoms. The number of benzene rings is 1. The van der Waals surface area contributed by atoms with Gasteiger partial charge < -0.3 is 9.32 Å². The molecule has 0 atom stereocenters. The van der Waals surface area contributed by atoms with Gasteiger partial charge in [0.1, 0.15) is 0 Å². The number of amides is 1. The Balaban J connectivity index is 1.57. The molecule has 2 aromatic rings. The van der Waals surface area contributed by atoms with E-state index < -0.39 is 0 Å². The predicted octanol–water partition coefficient (Wildman–Crippen LogP) is 3.40. The van der Waals surface area contributed by atoms with Gasteiger partial charge in [0.2, 0.25) is 11.8 Å². The van der Waals surface area contributed by atoms with Crippen LogP contribution in [-0.4, -0.2) is 39.8 Å². The lowest BCUT2D eigenvalue weighted by atomic mass is 9.99. The Morgan fingerprint density at radius 2 is 2.04 bits per heavy atom. The first-order valence-electron chi connectivity index (χ1n) is 7.93. The molecule has 0 saturated carbocycles. The molecule has 0 unspecified atom stereocenters. The molecule has 1 aromatic heterocycles. The number of aromatic nitrogens is 2. The smallest absolute Gasteiger partial charge is 0.277 e. The van der Waals surface area contributed by atoms with Crippen LogP contribution in [0, 0.1) is 12.8 Å². The number of thioether (sulfide) groups is 1. The van der Waals surface area contributed by atoms with Crippen LogP contribution in [0.4, 0.5) is 0 Å². The summed E-state index contributed by atoms with van der Waals surface area (Å²) >= 11 is 1.31. The normalized spacial score (nSPS) is 15.8. The highest BCUT2D eigenvalue weighted by molar-refractivity contribution is 7.99. The zero-order chi connectivity index (χ0) is 16.2. The standard InChI is InChI=1S/C17H21N3O2S/c1-12-7-9-20(10-8-12)15(21)11-23-17-19-18-16(22-17)14-6-4-3-5-13(14)2/h3-6,12H,7-11H2,1-2H3. The SMILES string of the molecule is Cc1ccccc1-c1nnc(SCC(=O)N2CCC(C)CC2)o1. The van der Waals surface area contributed by atoms with E-state index in [2.05, 4.69) is 17.1 Å². The molecule has 1 saturated heterocycles. The van der Waals surface area contributed by atoms with E-state index in [1.165, 1.54) is 11.8 Å². The first kappa shape index (κ1) is 16.1. The number of aryl methyl sites for hydroxylation is 1. The number of carbonyl (C=O) groups excluding carboxylic acids is 1. The molecule has 2 heterocycles. The highest BCUT2D eigenvalue weighted by atomic mass is 32.2. The van der Waals surface area contributed by atoms with Crippen LogP contribution >= 0.6 is 11.8 Å². The summed E-state index contributed by atoms with van der Waals surface area (Å²) in [6.45, 7) is 5.97. The second-order valence-electron chi connectivity index (χ2n) is 6.04. The van der Waals surface area contributed by atoms with Gasteiger partial charge in [-0.15, -0.1) is 10.2 Å². The second kappa shape index (κ2) is 7.17. The molecule has 122 valence electrons. The monoisotopic (exact) mass is 331 g/mol. The summed E-state index contributed by atoms with van der Waals surface area (Å²) in [6.07, 6.45) is 2.18. The molecule has 0 radical (unpaired) electrons. The fourth-order valence-corrected chi connectivity index (χ4v) is 3.33. The van der Waals surface area contributed by atoms with Crippen LogP contribution in [0.1, 0.15) is 25.3 Å². The van der Waals surface area contributed by atoms with E-state index in [1.54, 1.807) is 0 Å². The van der Waals surface area contributed by atoms with Crippen LogP contribution in [-0.2, 0) is 4.79 Å². The van der Waals surface area contributed by atoms with E-state index in [1.807, 2.05) is 36.1 Å². The minimum atomic E-state index is 0.151. The van der Waals surface area contributed by atoms with Crippen LogP contribution in [0.5, 0.6) is 0 Å². The molecule has 0 bridgehead atoms. The van der Waals surface area contributed by atoms with Crippen molar-refractivity contribution in [3.05, 3.63) is 29.8 Å². The third-order valence-electron chi connectivity index (χ3n) is 4.24. The summed E-state index contributed by atoms with van der Waals surface area (Å²) in [4.78, 5) is 14.2. The second-order valence-corrected chi connectivity index (χ2v) is 6.97. The van der Waals surface area contributed by atoms with Gasteiger partial charge in [0.05, 0.1) is 5.75 Å². The van der Waals surface area contributed by atoms with Gasteiger partial charge in [0.15, 0.2) is 0 Å². The number of nitrogens with zero attached hydrogens (tertiary/aromatic N) is 3. The minimum absolute atomic E-state index is 0.151. The average Bonchev–Trinajstić information content (AvgIpc) is 3.02. The third-order valence-corrected chi connectivity index (χ3v) is 5.04. The Kier molecular flexibility index (Phi) is 5.00. The molecule has 1 aliphatic heterocycles. The van der Waals surface area contributed by atoms with Gasteiger partial charge in [-0.25, -0.2) is 0 Å². The van der Waals surface area contributed by atoms with Gasteiger partial charge in [-0.3, -0.25) is 4.79 Å². The summed E-state index contributed by atoms with van der Waals surface area (Å²) in [7, 11) is 0. The Morgan fingerprint density at radius 1 is 1.30 bits per heavy atom. The highest BCUT2D eigenvalue weighted by Crippen LogP contribution is 2.26. The summed E-state index contributed by atoms with van der Waals surface area (Å²) < 4.78 is 5.68. The first-order valence-corrected chi connectivity index (χ1v) is 8.92. The molecule has 1 aromatic carbocycles. The van der Waals surface area contributed by atoms with Crippen molar-refractivity contribution in [3.8, 4) is 11.5 Å². The Bertz CT molecular complexity index is 678. The van der Waals surface area contributed by atoms with Crippen molar-refractivity contribution in [2.45, 2.75) is 31.9 Å². The van der Waals surface area contributed by atoms with E-state index >= 15 is 0 Å². The quantitative estimate of drug-likeness (QED) is 0.804. The van der Waals surface area contributed by atoms with Crippen molar-refractivity contribution in [2.24, 2.45) is 5.92 Å². The van der Waals surface area contributed by atoms with Crippen molar-refractivity contribution in [3.63, 3.8) is 0 Å². The fraction of sp³-hybridized carbons (Fsp3) is 0.471. The molecule has 1 aliphatic rings. The minimum Gasteiger partial charge on any atom is -0.411 e. The maximum Gasteiger partial charge on any atom is 0.277 e. The number of rotatable bonds is 4. The van der Waals surface area contributed by atoms with Gasteiger partial charge in [-0.05, 0) is 37.3 Å². The highest BCUT2D eigenvalue weighted by Gasteiger charge is 2.21. The van der Waals surface area contributed by atoms with E-state index in [0.29, 0.717) is 16.9 Å². The van der Waals surface area contributed by atoms with Crippen molar-refractivity contribution in [2.75, 3.05) is 18.8 Å². The van der Waals surface area contributed by atoms with E-state index in [4.69, 9.17) is 4.42 Å². The Hall–Kier alpha value is -1.82. The number of piperidine rings is 1. The summed E-state index contributed by atoms with van der Waals surface area (Å²) in [5, 5.41) is 8.57. The predicted molar refractivity (Wildman–Crippen MR) is 90.2 cm³/mol. The zero-order valence-electron chi connectivity index (χ0n) is 13.5. The van der Waals surface area contributed by atoms with E-state index in [9.17, 15) is 4.79 Å². The lowest BCUT2D eigenvalue weighted by molar-refractivity contribution is -0.129. The lowest BCUT2D eigenvalue weighted by Gasteiger charge is -2.30. The number of hydrogen-bond acceptors (Lipinski definition) is 5. The fourth-order valence-electron chi connectivity index (χ4n) is 2.66. The van der Waals surface area contributed by atoms with Crippen LogP contribution in [0.2, 0.25) is 0 Å². The maximum atomic E-state index is 12.2. The molecule has 0 N–H and O–H groups in total. The average molecular weight is 331 g/mol. The van der Waals surface area contributed by atoms with Gasteiger partial charge in [0.25, 0.3) is 5.22 Å². The van der Waals surface area contributed by atoms with E-state index in [0.717, 1.165) is 43.0 Å². The van der Waals surface area contributed by atoms with Gasteiger partial charge in [-0.1, -0.05) is 36.9 Å². The Labute approximate surface area is 140 Å². The van der Waals surface area contributed by atoms with Crippen molar-refractivity contribution in [1.29, 1.82) is 0 Å². The van der Waals surface area contributed by atoms with Crippen molar-refractivity contribution < 1.29 is 9.21 Å². The summed E-state index contributed by atoms with van der Waals surface area (Å²) in [6, 6.07) is 7.88. The first-order chi connectivity index (χ1) is 11.1. The molecule has 3 rings (SSSR count). The van der Waals surface area contributed by atoms with Crippen LogP contribution in [0.15, 0.2) is 33.9 Å². The molecule has 1 fully saturated rings. The number of hydrogen-bond donors (Lipinski definition) is 0. The van der Waals surface area contributed by atoms with Crippen LogP contribution in [0.25, 0.3) is 11.5 Å². The largest absolute Gasteiger partial charge is 0.411 e. The molecule has 0 aliphatic carbocycles. The summed E-state index contributed by atoms with van der Waals surface area (Å²) in [5.41, 5.74) is 2.02. The van der Waals surface area contributed by atoms with Crippen molar-refractivity contribution in [1.82, 2.24) is 15.1 Å². The van der Waals surface area contributed by atoms with E-state index in [-0.39, 0.29) is 5.91 Å². The molecular weight excluding hydrogens is 310 g/mol. The Morgan fingerprint density at radius 3 is 2.78 bits per heavy atom. The van der Waals surface area contributed by atoms with Crippen molar-refractivity contribution >= 4 is 17.7 Å². The number of likely N-dealkylation sites (tertiary alicyclic amines) is 1. The van der Waals surface area contributed by atoms with Gasteiger partial charge >= 0.3 is 0 Å². The maximum absolute atomic E-state index is 12.2. The third kappa shape index (κ3) is 3.93. The van der Waals surface area contributed by atoms with Gasteiger partial charge in [-0.2, -0.15) is 0 Å². The molecule has 1 amide bonds. The lowest BCUT2D eigenvalue weighted by Crippen LogP contribution is -2.38. The molecule has 23 heavy (non-hydrogen) atoms. The molecule has 5 nitrogen and oxygen atoms in total. The van der Waals surface area contributed by atoms with Crippen LogP contribution in [0.3, 0.4) is 0 Å². The molecular formula is C17H21N3O2S. The number of carbonyl (C=O) groups is 1.